The Morgan fingerprint density at radius 1 is 1.12 bits per heavy atom. The number of aromatic nitrogens is 2. The first-order valence-electron chi connectivity index (χ1n) is 9.84. The van der Waals surface area contributed by atoms with Crippen molar-refractivity contribution in [1.29, 1.82) is 0 Å². The van der Waals surface area contributed by atoms with E-state index in [1.807, 2.05) is 6.07 Å². The average Bonchev–Trinajstić information content (AvgIpc) is 2.79. The summed E-state index contributed by atoms with van der Waals surface area (Å²) in [7, 11) is 1.53. The minimum Gasteiger partial charge on any atom is -0.493 e. The zero-order chi connectivity index (χ0) is 23.5. The Labute approximate surface area is 205 Å². The van der Waals surface area contributed by atoms with Gasteiger partial charge in [0, 0.05) is 4.47 Å². The number of ether oxygens (including phenoxy) is 2. The fourth-order valence-corrected chi connectivity index (χ4v) is 4.15. The third-order valence-corrected chi connectivity index (χ3v) is 5.92. The third-order valence-electron chi connectivity index (χ3n) is 4.84. The van der Waals surface area contributed by atoms with Gasteiger partial charge >= 0.3 is 0 Å². The van der Waals surface area contributed by atoms with Crippen molar-refractivity contribution < 1.29 is 13.9 Å². The highest BCUT2D eigenvalue weighted by molar-refractivity contribution is 9.10. The second-order valence-corrected chi connectivity index (χ2v) is 8.90. The number of halogens is 3. The molecule has 0 radical (unpaired) electrons. The first kappa shape index (κ1) is 23.1. The molecule has 0 saturated carbocycles. The third kappa shape index (κ3) is 5.15. The van der Waals surface area contributed by atoms with Gasteiger partial charge in [0.25, 0.3) is 5.56 Å². The molecule has 33 heavy (non-hydrogen) atoms. The maximum Gasteiger partial charge on any atom is 0.282 e. The van der Waals surface area contributed by atoms with E-state index in [-0.39, 0.29) is 18.0 Å². The summed E-state index contributed by atoms with van der Waals surface area (Å²) >= 11 is 6.89. The van der Waals surface area contributed by atoms with Crippen LogP contribution in [0.2, 0.25) is 0 Å². The first-order chi connectivity index (χ1) is 15.9. The van der Waals surface area contributed by atoms with Gasteiger partial charge < -0.3 is 9.47 Å². The van der Waals surface area contributed by atoms with Gasteiger partial charge in [-0.15, -0.1) is 0 Å². The maximum atomic E-state index is 13.1. The number of aryl methyl sites for hydroxylation is 1. The maximum absolute atomic E-state index is 13.1. The van der Waals surface area contributed by atoms with Crippen molar-refractivity contribution in [3.63, 3.8) is 0 Å². The molecular weight excluding hydrogens is 557 g/mol. The van der Waals surface area contributed by atoms with Crippen LogP contribution >= 0.6 is 31.9 Å². The van der Waals surface area contributed by atoms with Crippen LogP contribution in [-0.4, -0.2) is 23.0 Å². The molecular formula is C24H18Br2FN3O3. The van der Waals surface area contributed by atoms with Crippen molar-refractivity contribution in [2.24, 2.45) is 5.10 Å². The molecule has 0 bridgehead atoms. The Kier molecular flexibility index (Phi) is 6.90. The van der Waals surface area contributed by atoms with E-state index in [0.717, 1.165) is 10.0 Å². The van der Waals surface area contributed by atoms with Crippen LogP contribution in [0.25, 0.3) is 10.9 Å². The van der Waals surface area contributed by atoms with E-state index in [0.29, 0.717) is 38.3 Å². The largest absolute Gasteiger partial charge is 0.493 e. The summed E-state index contributed by atoms with van der Waals surface area (Å²) in [5.41, 5.74) is 1.86. The lowest BCUT2D eigenvalue weighted by Crippen LogP contribution is -2.20. The minimum atomic E-state index is -0.301. The van der Waals surface area contributed by atoms with E-state index in [2.05, 4.69) is 41.9 Å². The van der Waals surface area contributed by atoms with Crippen LogP contribution in [-0.2, 0) is 6.61 Å². The lowest BCUT2D eigenvalue weighted by molar-refractivity contribution is 0.282. The van der Waals surface area contributed by atoms with Crippen LogP contribution in [0.5, 0.6) is 11.5 Å². The zero-order valence-electron chi connectivity index (χ0n) is 17.7. The number of nitrogens with zero attached hydrogens (tertiary/aromatic N) is 3. The van der Waals surface area contributed by atoms with Crippen molar-refractivity contribution in [1.82, 2.24) is 9.66 Å². The summed E-state index contributed by atoms with van der Waals surface area (Å²) in [6.45, 7) is 1.97. The number of hydrogen-bond donors (Lipinski definition) is 0. The summed E-state index contributed by atoms with van der Waals surface area (Å²) in [5.74, 6) is 1.16. The molecule has 0 unspecified atom stereocenters. The number of fused-ring (bicyclic) bond motifs is 1. The first-order valence-corrected chi connectivity index (χ1v) is 11.4. The van der Waals surface area contributed by atoms with Gasteiger partial charge in [-0.05, 0) is 76.4 Å². The predicted molar refractivity (Wildman–Crippen MR) is 133 cm³/mol. The second-order valence-electron chi connectivity index (χ2n) is 7.13. The van der Waals surface area contributed by atoms with Crippen molar-refractivity contribution in [2.45, 2.75) is 13.5 Å². The van der Waals surface area contributed by atoms with Crippen molar-refractivity contribution in [3.8, 4) is 11.5 Å². The SMILES string of the molecule is COc1cc(C=Nn2c(C)nc3ccc(Br)cc3c2=O)cc(Br)c1OCc1ccc(F)cc1. The molecule has 0 fully saturated rings. The van der Waals surface area contributed by atoms with Crippen LogP contribution in [0.3, 0.4) is 0 Å². The van der Waals surface area contributed by atoms with Crippen LogP contribution in [0.4, 0.5) is 4.39 Å². The number of benzene rings is 3. The fraction of sp³-hybridized carbons (Fsp3) is 0.125. The molecule has 0 N–H and O–H groups in total. The van der Waals surface area contributed by atoms with Gasteiger partial charge in [-0.25, -0.2) is 9.37 Å². The summed E-state index contributed by atoms with van der Waals surface area (Å²) in [6, 6.07) is 15.0. The molecule has 4 rings (SSSR count). The van der Waals surface area contributed by atoms with Crippen LogP contribution in [0.1, 0.15) is 17.0 Å². The van der Waals surface area contributed by atoms with Crippen LogP contribution < -0.4 is 15.0 Å². The Morgan fingerprint density at radius 2 is 1.88 bits per heavy atom. The van der Waals surface area contributed by atoms with Gasteiger partial charge in [0.1, 0.15) is 18.2 Å². The molecule has 6 nitrogen and oxygen atoms in total. The Morgan fingerprint density at radius 3 is 2.61 bits per heavy atom. The summed E-state index contributed by atoms with van der Waals surface area (Å²) in [6.07, 6.45) is 1.55. The van der Waals surface area contributed by atoms with Gasteiger partial charge in [-0.2, -0.15) is 9.78 Å². The number of rotatable bonds is 6. The fourth-order valence-electron chi connectivity index (χ4n) is 3.21. The summed E-state index contributed by atoms with van der Waals surface area (Å²) in [5, 5.41) is 4.82. The Balaban J connectivity index is 1.63. The molecule has 0 spiro atoms. The molecule has 168 valence electrons. The number of methoxy groups -OCH3 is 1. The van der Waals surface area contributed by atoms with Crippen molar-refractivity contribution in [3.05, 3.63) is 96.7 Å². The quantitative estimate of drug-likeness (QED) is 0.271. The van der Waals surface area contributed by atoms with Crippen LogP contribution in [0.15, 0.2) is 73.4 Å². The van der Waals surface area contributed by atoms with Crippen molar-refractivity contribution >= 4 is 49.0 Å². The van der Waals surface area contributed by atoms with Gasteiger partial charge in [-0.1, -0.05) is 28.1 Å². The van der Waals surface area contributed by atoms with Crippen molar-refractivity contribution in [2.75, 3.05) is 7.11 Å². The molecule has 0 amide bonds. The van der Waals surface area contributed by atoms with Gasteiger partial charge in [-0.3, -0.25) is 4.79 Å². The van der Waals surface area contributed by atoms with Gasteiger partial charge in [0.05, 0.1) is 28.7 Å². The topological polar surface area (TPSA) is 65.7 Å². The number of hydrogen-bond acceptors (Lipinski definition) is 5. The molecule has 0 atom stereocenters. The smallest absolute Gasteiger partial charge is 0.282 e. The summed E-state index contributed by atoms with van der Waals surface area (Å²) < 4.78 is 27.2. The monoisotopic (exact) mass is 573 g/mol. The zero-order valence-corrected chi connectivity index (χ0v) is 20.9. The average molecular weight is 575 g/mol. The predicted octanol–water partition coefficient (Wildman–Crippen LogP) is 5.84. The molecule has 0 aliphatic carbocycles. The molecule has 1 aromatic heterocycles. The normalized spacial score (nSPS) is 11.3. The molecule has 4 aromatic rings. The van der Waals surface area contributed by atoms with E-state index in [1.165, 1.54) is 23.9 Å². The molecule has 0 aliphatic rings. The van der Waals surface area contributed by atoms with Gasteiger partial charge in [0.2, 0.25) is 0 Å². The van der Waals surface area contributed by atoms with Crippen LogP contribution in [0, 0.1) is 12.7 Å². The molecule has 9 heteroatoms. The van der Waals surface area contributed by atoms with E-state index in [1.54, 1.807) is 49.5 Å². The summed E-state index contributed by atoms with van der Waals surface area (Å²) in [4.78, 5) is 17.4. The van der Waals surface area contributed by atoms with E-state index in [9.17, 15) is 9.18 Å². The van der Waals surface area contributed by atoms with E-state index < -0.39 is 0 Å². The highest BCUT2D eigenvalue weighted by Crippen LogP contribution is 2.37. The Hall–Kier alpha value is -3.04. The standard InChI is InChI=1S/C24H18Br2FN3O3/c1-14-29-21-8-5-17(25)11-19(21)24(31)30(14)28-12-16-9-20(26)23(22(10-16)32-2)33-13-15-3-6-18(27)7-4-15/h3-12H,13H2,1-2H3. The van der Waals surface area contributed by atoms with E-state index >= 15 is 0 Å². The molecule has 3 aromatic carbocycles. The minimum absolute atomic E-state index is 0.246. The lowest BCUT2D eigenvalue weighted by atomic mass is 10.2. The highest BCUT2D eigenvalue weighted by atomic mass is 79.9. The molecule has 1 heterocycles. The van der Waals surface area contributed by atoms with E-state index in [4.69, 9.17) is 9.47 Å². The van der Waals surface area contributed by atoms with Gasteiger partial charge in [0.15, 0.2) is 11.5 Å². The second kappa shape index (κ2) is 9.84. The Bertz CT molecular complexity index is 1420. The highest BCUT2D eigenvalue weighted by Gasteiger charge is 2.12. The molecule has 0 aliphatic heterocycles. The lowest BCUT2D eigenvalue weighted by Gasteiger charge is -2.13. The molecule has 0 saturated heterocycles.